The Morgan fingerprint density at radius 3 is 1.54 bits per heavy atom. The quantitative estimate of drug-likeness (QED) is 0.159. The van der Waals surface area contributed by atoms with Crippen molar-refractivity contribution in [1.82, 2.24) is 14.5 Å². The minimum Gasteiger partial charge on any atom is -0.457 e. The van der Waals surface area contributed by atoms with Crippen LogP contribution in [0.2, 0.25) is 0 Å². The molecule has 6 aromatic carbocycles. The van der Waals surface area contributed by atoms with Gasteiger partial charge in [0, 0.05) is 52.1 Å². The summed E-state index contributed by atoms with van der Waals surface area (Å²) in [6, 6.07) is 45.2. The van der Waals surface area contributed by atoms with Crippen molar-refractivity contribution in [3.05, 3.63) is 184 Å². The van der Waals surface area contributed by atoms with E-state index in [9.17, 15) is 0 Å². The van der Waals surface area contributed by atoms with E-state index < -0.39 is 0 Å². The van der Waals surface area contributed by atoms with E-state index in [4.69, 9.17) is 14.7 Å². The summed E-state index contributed by atoms with van der Waals surface area (Å²) in [6.45, 7) is 47.4. The fraction of sp³-hybridized carbons (Fsp3) is 0.370. The van der Waals surface area contributed by atoms with Gasteiger partial charge in [0.1, 0.15) is 24.0 Å². The first-order valence-electron chi connectivity index (χ1n) is 28.6. The van der Waals surface area contributed by atoms with Gasteiger partial charge in [-0.25, -0.2) is 4.98 Å². The van der Waals surface area contributed by atoms with Crippen LogP contribution in [0.25, 0.3) is 49.9 Å². The van der Waals surface area contributed by atoms with Gasteiger partial charge in [-0.1, -0.05) is 173 Å². The molecule has 1 aliphatic rings. The zero-order chi connectivity index (χ0) is 57.1. The summed E-state index contributed by atoms with van der Waals surface area (Å²) >= 11 is 0. The fourth-order valence-corrected chi connectivity index (χ4v) is 11.7. The Balaban J connectivity index is 1.17. The maximum absolute atomic E-state index is 6.94. The number of hydrogen-bond acceptors (Lipinski definition) is 5. The second-order valence-corrected chi connectivity index (χ2v) is 28.7. The third kappa shape index (κ3) is 10.4. The van der Waals surface area contributed by atoms with Crippen LogP contribution < -0.4 is 14.5 Å². The van der Waals surface area contributed by atoms with Gasteiger partial charge in [-0.3, -0.25) is 9.55 Å². The van der Waals surface area contributed by atoms with Crippen LogP contribution in [0.5, 0.6) is 11.5 Å². The molecule has 0 aliphatic carbocycles. The van der Waals surface area contributed by atoms with Crippen molar-refractivity contribution in [1.29, 1.82) is 0 Å². The van der Waals surface area contributed by atoms with Gasteiger partial charge in [-0.15, -0.1) is 0 Å². The van der Waals surface area contributed by atoms with Crippen molar-refractivity contribution in [3.8, 4) is 39.6 Å². The minimum atomic E-state index is -0.161. The van der Waals surface area contributed by atoms with Gasteiger partial charge in [0.25, 0.3) is 0 Å². The van der Waals surface area contributed by atoms with Gasteiger partial charge in [0.15, 0.2) is 0 Å². The second kappa shape index (κ2) is 19.3. The number of fused-ring (bicyclic) bond motifs is 4. The zero-order valence-corrected chi connectivity index (χ0v) is 51.1. The molecule has 0 radical (unpaired) electrons. The van der Waals surface area contributed by atoms with Crippen LogP contribution in [-0.4, -0.2) is 21.2 Å². The normalized spacial score (nSPS) is 13.7. The summed E-state index contributed by atoms with van der Waals surface area (Å²) < 4.78 is 9.22. The Labute approximate surface area is 472 Å². The lowest BCUT2D eigenvalue weighted by Gasteiger charge is -2.36. The lowest BCUT2D eigenvalue weighted by atomic mass is 9.72. The molecular weight excluding hydrogens is 963 g/mol. The highest BCUT2D eigenvalue weighted by Crippen LogP contribution is 2.55. The Morgan fingerprint density at radius 1 is 0.430 bits per heavy atom. The molecule has 0 spiro atoms. The van der Waals surface area contributed by atoms with E-state index in [0.717, 1.165) is 50.8 Å². The monoisotopic (exact) mass is 1050 g/mol. The molecular formula is C73H85N5O. The third-order valence-electron chi connectivity index (χ3n) is 16.3. The van der Waals surface area contributed by atoms with E-state index in [2.05, 4.69) is 274 Å². The highest BCUT2D eigenvalue weighted by Gasteiger charge is 2.37. The molecule has 3 aromatic heterocycles. The maximum Gasteiger partial charge on any atom is 0.137 e. The SMILES string of the molecule is Cc1cc(C(C)(C)C)cc(C(C)(C)C)c1-c1cc(C(C)(C)C)cc(-c2c(C)cc(C(C)(C)C)cc2C(C)(C)C)c1N1CN(c2cccc(Oc3ccc4c5ccccc5n(-c5cc(C(C)(C)C)ccn5)c4c3)c2)c2cnccc21. The minimum absolute atomic E-state index is 0.0272. The molecule has 0 unspecified atom stereocenters. The first kappa shape index (κ1) is 55.1. The van der Waals surface area contributed by atoms with Gasteiger partial charge in [-0.2, -0.15) is 0 Å². The fourth-order valence-electron chi connectivity index (χ4n) is 11.7. The topological polar surface area (TPSA) is 46.4 Å². The molecule has 6 nitrogen and oxygen atoms in total. The van der Waals surface area contributed by atoms with Gasteiger partial charge in [0.2, 0.25) is 0 Å². The van der Waals surface area contributed by atoms with E-state index in [0.29, 0.717) is 6.67 Å². The molecule has 0 saturated carbocycles. The molecule has 79 heavy (non-hydrogen) atoms. The van der Waals surface area contributed by atoms with Crippen molar-refractivity contribution < 1.29 is 4.74 Å². The summed E-state index contributed by atoms with van der Waals surface area (Å²) in [6.07, 6.45) is 5.92. The summed E-state index contributed by atoms with van der Waals surface area (Å²) in [4.78, 5) is 14.8. The second-order valence-electron chi connectivity index (χ2n) is 28.7. The molecule has 0 N–H and O–H groups in total. The van der Waals surface area contributed by atoms with Gasteiger partial charge >= 0.3 is 0 Å². The first-order chi connectivity index (χ1) is 36.8. The van der Waals surface area contributed by atoms with E-state index in [1.54, 1.807) is 0 Å². The number of aryl methyl sites for hydroxylation is 2. The van der Waals surface area contributed by atoms with Gasteiger partial charge in [-0.05, 0) is 163 Å². The van der Waals surface area contributed by atoms with Crippen LogP contribution in [-0.2, 0) is 32.5 Å². The Kier molecular flexibility index (Phi) is 13.5. The molecule has 0 bridgehead atoms. The Morgan fingerprint density at radius 2 is 0.975 bits per heavy atom. The number of benzene rings is 6. The molecule has 1 aliphatic heterocycles. The predicted octanol–water partition coefficient (Wildman–Crippen LogP) is 20.3. The third-order valence-corrected chi connectivity index (χ3v) is 16.3. The number of aromatic nitrogens is 3. The van der Waals surface area contributed by atoms with Gasteiger partial charge < -0.3 is 14.5 Å². The number of ether oxygens (including phenoxy) is 1. The zero-order valence-electron chi connectivity index (χ0n) is 51.1. The van der Waals surface area contributed by atoms with Crippen LogP contribution in [0, 0.1) is 13.8 Å². The number of anilines is 4. The molecule has 9 aromatic rings. The van der Waals surface area contributed by atoms with Crippen LogP contribution in [0.3, 0.4) is 0 Å². The van der Waals surface area contributed by atoms with Crippen LogP contribution in [0.1, 0.15) is 169 Å². The Bertz CT molecular complexity index is 3730. The number of rotatable bonds is 7. The lowest BCUT2D eigenvalue weighted by molar-refractivity contribution is 0.483. The van der Waals surface area contributed by atoms with Crippen molar-refractivity contribution in [3.63, 3.8) is 0 Å². The van der Waals surface area contributed by atoms with Crippen LogP contribution >= 0.6 is 0 Å². The molecule has 4 heterocycles. The molecule has 0 saturated heterocycles. The average Bonchev–Trinajstić information content (AvgIpc) is 4.15. The summed E-state index contributed by atoms with van der Waals surface area (Å²) in [5, 5.41) is 2.33. The van der Waals surface area contributed by atoms with Crippen LogP contribution in [0.15, 0.2) is 140 Å². The predicted molar refractivity (Wildman–Crippen MR) is 337 cm³/mol. The summed E-state index contributed by atoms with van der Waals surface area (Å²) in [7, 11) is 0. The lowest BCUT2D eigenvalue weighted by Crippen LogP contribution is -2.26. The standard InChI is InChI=1S/C73H85N5O/c1-45-34-48(69(6,7)8)38-58(72(15,16)17)65(45)56-36-50(71(12,13)14)37-57(66-46(2)35-49(70(9,10)11)39-59(66)73(18,19)20)67(56)77-44-76(63-43-74-32-31-61(63)77)51-24-23-25-52(41-51)79-53-28-29-55-54-26-21-22-27-60(54)78(62(55)42-53)64-40-47(30-33-75-64)68(3,4)5/h21-43H,44H2,1-20H3. The maximum atomic E-state index is 6.94. The summed E-state index contributed by atoms with van der Waals surface area (Å²) in [5.41, 5.74) is 21.6. The molecule has 0 fully saturated rings. The molecule has 0 amide bonds. The highest BCUT2D eigenvalue weighted by molar-refractivity contribution is 6.09. The molecule has 10 rings (SSSR count). The number of para-hydroxylation sites is 1. The van der Waals surface area contributed by atoms with E-state index >= 15 is 0 Å². The largest absolute Gasteiger partial charge is 0.457 e. The van der Waals surface area contributed by atoms with Crippen molar-refractivity contribution in [2.45, 2.75) is 171 Å². The molecule has 408 valence electrons. The van der Waals surface area contributed by atoms with Crippen LogP contribution in [0.4, 0.5) is 22.7 Å². The van der Waals surface area contributed by atoms with Gasteiger partial charge in [0.05, 0.1) is 34.3 Å². The van der Waals surface area contributed by atoms with E-state index in [-0.39, 0.29) is 32.5 Å². The number of pyridine rings is 2. The Hall–Kier alpha value is -7.18. The highest BCUT2D eigenvalue weighted by atomic mass is 16.5. The number of hydrogen-bond donors (Lipinski definition) is 0. The smallest absolute Gasteiger partial charge is 0.137 e. The van der Waals surface area contributed by atoms with Crippen molar-refractivity contribution in [2.24, 2.45) is 0 Å². The molecule has 0 atom stereocenters. The van der Waals surface area contributed by atoms with E-state index in [1.807, 2.05) is 18.6 Å². The first-order valence-corrected chi connectivity index (χ1v) is 28.6. The molecule has 6 heteroatoms. The van der Waals surface area contributed by atoms with Crippen molar-refractivity contribution >= 4 is 44.6 Å². The van der Waals surface area contributed by atoms with E-state index in [1.165, 1.54) is 77.8 Å². The average molecular weight is 1050 g/mol. The summed E-state index contributed by atoms with van der Waals surface area (Å²) in [5.74, 6) is 2.39. The number of nitrogens with zero attached hydrogens (tertiary/aromatic N) is 5. The van der Waals surface area contributed by atoms with Crippen molar-refractivity contribution in [2.75, 3.05) is 16.5 Å².